The number of furan rings is 1. The summed E-state index contributed by atoms with van der Waals surface area (Å²) in [7, 11) is 0. The van der Waals surface area contributed by atoms with Crippen LogP contribution >= 0.6 is 0 Å². The topological polar surface area (TPSA) is 33.4 Å². The molecule has 1 saturated carbocycles. The number of hydrogen-bond acceptors (Lipinski definition) is 2. The Hall–Kier alpha value is -0.760. The predicted molar refractivity (Wildman–Crippen MR) is 66.9 cm³/mol. The molecule has 0 saturated heterocycles. The molecular weight excluding hydrogens is 212 g/mol. The van der Waals surface area contributed by atoms with Gasteiger partial charge >= 0.3 is 0 Å². The van der Waals surface area contributed by atoms with Crippen molar-refractivity contribution < 1.29 is 9.52 Å². The highest BCUT2D eigenvalue weighted by Crippen LogP contribution is 2.54. The van der Waals surface area contributed by atoms with Gasteiger partial charge < -0.3 is 9.52 Å². The molecule has 1 aromatic rings. The highest BCUT2D eigenvalue weighted by Gasteiger charge is 2.55. The third-order valence-corrected chi connectivity index (χ3v) is 5.57. The lowest BCUT2D eigenvalue weighted by Crippen LogP contribution is -2.57. The van der Waals surface area contributed by atoms with Crippen molar-refractivity contribution in [1.82, 2.24) is 0 Å². The van der Waals surface area contributed by atoms with Gasteiger partial charge in [-0.1, -0.05) is 20.3 Å². The third-order valence-electron chi connectivity index (χ3n) is 5.57. The molecule has 2 heteroatoms. The van der Waals surface area contributed by atoms with Crippen LogP contribution in [0.3, 0.4) is 0 Å². The van der Waals surface area contributed by atoms with Crippen molar-refractivity contribution in [3.05, 3.63) is 23.2 Å². The molecule has 0 radical (unpaired) electrons. The molecule has 0 aromatic carbocycles. The van der Waals surface area contributed by atoms with Crippen molar-refractivity contribution in [2.45, 2.75) is 58.5 Å². The third kappa shape index (κ3) is 1.36. The van der Waals surface area contributed by atoms with Crippen LogP contribution in [0.2, 0.25) is 0 Å². The van der Waals surface area contributed by atoms with Crippen LogP contribution in [0.5, 0.6) is 0 Å². The summed E-state index contributed by atoms with van der Waals surface area (Å²) in [5, 5.41) is 11.0. The lowest BCUT2D eigenvalue weighted by Gasteiger charge is -2.54. The zero-order chi connectivity index (χ0) is 12.3. The molecular formula is C15H22O2. The van der Waals surface area contributed by atoms with E-state index < -0.39 is 5.60 Å². The Bertz CT molecular complexity index is 448. The van der Waals surface area contributed by atoms with E-state index in [1.165, 1.54) is 17.5 Å². The predicted octanol–water partition coefficient (Wildman–Crippen LogP) is 3.24. The molecule has 0 spiro atoms. The van der Waals surface area contributed by atoms with Gasteiger partial charge in [0.05, 0.1) is 11.9 Å². The Morgan fingerprint density at radius 1 is 1.41 bits per heavy atom. The Morgan fingerprint density at radius 3 is 2.94 bits per heavy atom. The van der Waals surface area contributed by atoms with Crippen LogP contribution in [-0.2, 0) is 12.8 Å². The second kappa shape index (κ2) is 3.38. The monoisotopic (exact) mass is 234 g/mol. The Morgan fingerprint density at radius 2 is 2.18 bits per heavy atom. The van der Waals surface area contributed by atoms with Gasteiger partial charge in [0, 0.05) is 11.8 Å². The van der Waals surface area contributed by atoms with E-state index in [1.54, 1.807) is 0 Å². The van der Waals surface area contributed by atoms with E-state index in [2.05, 4.69) is 20.8 Å². The average Bonchev–Trinajstić information content (AvgIpc) is 2.59. The van der Waals surface area contributed by atoms with Gasteiger partial charge in [-0.25, -0.2) is 0 Å². The number of aryl methyl sites for hydroxylation is 1. The smallest absolute Gasteiger partial charge is 0.110 e. The number of rotatable bonds is 0. The molecule has 2 nitrogen and oxygen atoms in total. The van der Waals surface area contributed by atoms with Gasteiger partial charge in [-0.2, -0.15) is 0 Å². The molecule has 2 aliphatic rings. The van der Waals surface area contributed by atoms with Gasteiger partial charge in [-0.3, -0.25) is 0 Å². The summed E-state index contributed by atoms with van der Waals surface area (Å²) in [6, 6.07) is 0. The molecule has 0 aliphatic heterocycles. The van der Waals surface area contributed by atoms with Crippen molar-refractivity contribution >= 4 is 0 Å². The molecule has 2 aliphatic carbocycles. The molecule has 1 heterocycles. The maximum absolute atomic E-state index is 11.0. The zero-order valence-electron chi connectivity index (χ0n) is 11.0. The van der Waals surface area contributed by atoms with Crippen molar-refractivity contribution in [2.75, 3.05) is 0 Å². The highest BCUT2D eigenvalue weighted by molar-refractivity contribution is 5.34. The van der Waals surface area contributed by atoms with E-state index in [-0.39, 0.29) is 5.41 Å². The van der Waals surface area contributed by atoms with Gasteiger partial charge in [0.15, 0.2) is 0 Å². The van der Waals surface area contributed by atoms with Crippen molar-refractivity contribution in [2.24, 2.45) is 11.3 Å². The van der Waals surface area contributed by atoms with E-state index in [1.807, 2.05) is 6.26 Å². The Labute approximate surface area is 103 Å². The molecule has 1 aromatic heterocycles. The summed E-state index contributed by atoms with van der Waals surface area (Å²) in [6.07, 6.45) is 6.83. The summed E-state index contributed by atoms with van der Waals surface area (Å²) >= 11 is 0. The summed E-state index contributed by atoms with van der Waals surface area (Å²) in [5.74, 6) is 1.61. The lowest BCUT2D eigenvalue weighted by molar-refractivity contribution is -0.140. The van der Waals surface area contributed by atoms with Gasteiger partial charge in [0.25, 0.3) is 0 Å². The van der Waals surface area contributed by atoms with E-state index in [9.17, 15) is 5.11 Å². The maximum Gasteiger partial charge on any atom is 0.110 e. The first-order chi connectivity index (χ1) is 7.96. The van der Waals surface area contributed by atoms with E-state index in [4.69, 9.17) is 4.42 Å². The first kappa shape index (κ1) is 11.3. The molecule has 3 atom stereocenters. The first-order valence-electron chi connectivity index (χ1n) is 6.74. The fourth-order valence-electron chi connectivity index (χ4n) is 3.93. The van der Waals surface area contributed by atoms with Crippen molar-refractivity contribution in [1.29, 1.82) is 0 Å². The lowest BCUT2D eigenvalue weighted by atomic mass is 9.53. The van der Waals surface area contributed by atoms with Crippen LogP contribution < -0.4 is 0 Å². The molecule has 17 heavy (non-hydrogen) atoms. The second-order valence-corrected chi connectivity index (χ2v) is 6.42. The normalized spacial score (nSPS) is 40.8. The van der Waals surface area contributed by atoms with Gasteiger partial charge in [-0.05, 0) is 43.2 Å². The first-order valence-corrected chi connectivity index (χ1v) is 6.74. The number of hydrogen-bond donors (Lipinski definition) is 1. The van der Waals surface area contributed by atoms with Crippen LogP contribution in [-0.4, -0.2) is 10.7 Å². The second-order valence-electron chi connectivity index (χ2n) is 6.42. The van der Waals surface area contributed by atoms with Gasteiger partial charge in [0.2, 0.25) is 0 Å². The fraction of sp³-hybridized carbons (Fsp3) is 0.733. The van der Waals surface area contributed by atoms with E-state index in [0.717, 1.165) is 25.0 Å². The number of fused-ring (bicyclic) bond motifs is 2. The Balaban J connectivity index is 2.09. The summed E-state index contributed by atoms with van der Waals surface area (Å²) < 4.78 is 5.62. The number of aliphatic hydroxyl groups is 1. The molecule has 0 amide bonds. The van der Waals surface area contributed by atoms with Gasteiger partial charge in [0.1, 0.15) is 5.76 Å². The van der Waals surface area contributed by atoms with Crippen LogP contribution in [0, 0.1) is 18.3 Å². The Kier molecular flexibility index (Phi) is 2.25. The minimum atomic E-state index is -0.554. The molecule has 1 N–H and O–H groups in total. The minimum absolute atomic E-state index is 0.0207. The van der Waals surface area contributed by atoms with Gasteiger partial charge in [-0.15, -0.1) is 0 Å². The van der Waals surface area contributed by atoms with E-state index in [0.29, 0.717) is 12.3 Å². The van der Waals surface area contributed by atoms with E-state index >= 15 is 0 Å². The molecule has 0 bridgehead atoms. The molecule has 3 rings (SSSR count). The summed E-state index contributed by atoms with van der Waals surface area (Å²) in [6.45, 7) is 6.68. The maximum atomic E-state index is 11.0. The quantitative estimate of drug-likeness (QED) is 0.747. The van der Waals surface area contributed by atoms with Crippen molar-refractivity contribution in [3.8, 4) is 0 Å². The minimum Gasteiger partial charge on any atom is -0.469 e. The zero-order valence-corrected chi connectivity index (χ0v) is 11.0. The van der Waals surface area contributed by atoms with Crippen LogP contribution in [0.4, 0.5) is 0 Å². The largest absolute Gasteiger partial charge is 0.469 e. The molecule has 94 valence electrons. The SMILES string of the molecule is Cc1coc2c1C[C@]1(C)[C@@H](C)CCC[C@@]1(O)C2. The standard InChI is InChI=1S/C15H22O2/c1-10-9-17-13-8-15(16)6-4-5-11(2)14(15,3)7-12(10)13/h9,11,16H,4-8H2,1-3H3/t11-,14+,15+/m0/s1. The van der Waals surface area contributed by atoms with Crippen LogP contribution in [0.25, 0.3) is 0 Å². The molecule has 1 fully saturated rings. The van der Waals surface area contributed by atoms with Crippen LogP contribution in [0.1, 0.15) is 50.0 Å². The van der Waals surface area contributed by atoms with Crippen molar-refractivity contribution in [3.63, 3.8) is 0 Å². The van der Waals surface area contributed by atoms with Crippen LogP contribution in [0.15, 0.2) is 10.7 Å². The highest BCUT2D eigenvalue weighted by atomic mass is 16.3. The summed E-state index contributed by atoms with van der Waals surface area (Å²) in [4.78, 5) is 0. The average molecular weight is 234 g/mol. The summed E-state index contributed by atoms with van der Waals surface area (Å²) in [5.41, 5.74) is 2.07. The fourth-order valence-corrected chi connectivity index (χ4v) is 3.93. The molecule has 0 unspecified atom stereocenters.